The lowest BCUT2D eigenvalue weighted by molar-refractivity contribution is 0.120. The molecule has 0 amide bonds. The van der Waals surface area contributed by atoms with Crippen LogP contribution in [0.25, 0.3) is 0 Å². The molecular weight excluding hydrogens is 344 g/mol. The van der Waals surface area contributed by atoms with E-state index in [1.165, 1.54) is 5.56 Å². The van der Waals surface area contributed by atoms with Crippen molar-refractivity contribution < 1.29 is 4.74 Å². The minimum Gasteiger partial charge on any atom is -0.376 e. The van der Waals surface area contributed by atoms with Gasteiger partial charge in [0.25, 0.3) is 0 Å². The Morgan fingerprint density at radius 1 is 1.36 bits per heavy atom. The topological polar surface area (TPSA) is 59.1 Å². The number of halogens is 1. The van der Waals surface area contributed by atoms with Gasteiger partial charge in [0.2, 0.25) is 5.95 Å². The maximum Gasteiger partial charge on any atom is 0.224 e. The first-order valence-corrected chi connectivity index (χ1v) is 8.22. The molecule has 0 saturated carbocycles. The number of hydrogen-bond acceptors (Lipinski definition) is 5. The molecule has 1 atom stereocenters. The summed E-state index contributed by atoms with van der Waals surface area (Å²) in [6, 6.07) is 8.01. The van der Waals surface area contributed by atoms with Gasteiger partial charge in [0.05, 0.1) is 11.8 Å². The van der Waals surface area contributed by atoms with Crippen LogP contribution in [0.4, 0.5) is 17.5 Å². The highest BCUT2D eigenvalue weighted by Crippen LogP contribution is 2.26. The molecule has 1 aliphatic rings. The van der Waals surface area contributed by atoms with Gasteiger partial charge in [0.1, 0.15) is 5.82 Å². The van der Waals surface area contributed by atoms with E-state index < -0.39 is 0 Å². The van der Waals surface area contributed by atoms with Crippen molar-refractivity contribution in [2.45, 2.75) is 25.9 Å². The van der Waals surface area contributed by atoms with Gasteiger partial charge in [-0.05, 0) is 59.5 Å². The quantitative estimate of drug-likeness (QED) is 0.844. The summed E-state index contributed by atoms with van der Waals surface area (Å²) in [6.07, 6.45) is 4.25. The minimum atomic E-state index is 0.270. The Morgan fingerprint density at radius 3 is 3.05 bits per heavy atom. The molecule has 5 nitrogen and oxygen atoms in total. The van der Waals surface area contributed by atoms with Crippen LogP contribution in [-0.2, 0) is 4.74 Å². The second kappa shape index (κ2) is 7.07. The van der Waals surface area contributed by atoms with Crippen LogP contribution in [0.2, 0.25) is 0 Å². The van der Waals surface area contributed by atoms with E-state index in [9.17, 15) is 0 Å². The third-order valence-electron chi connectivity index (χ3n) is 3.55. The van der Waals surface area contributed by atoms with Crippen LogP contribution in [0, 0.1) is 6.92 Å². The first-order valence-electron chi connectivity index (χ1n) is 7.42. The summed E-state index contributed by atoms with van der Waals surface area (Å²) >= 11 is 3.56. The zero-order valence-corrected chi connectivity index (χ0v) is 14.1. The van der Waals surface area contributed by atoms with E-state index in [2.05, 4.69) is 55.6 Å². The van der Waals surface area contributed by atoms with E-state index in [1.54, 1.807) is 6.20 Å². The molecule has 3 rings (SSSR count). The van der Waals surface area contributed by atoms with Crippen molar-refractivity contribution in [2.75, 3.05) is 23.8 Å². The predicted octanol–water partition coefficient (Wildman–Crippen LogP) is 3.88. The molecule has 0 radical (unpaired) electrons. The Kier molecular flexibility index (Phi) is 4.90. The fraction of sp³-hybridized carbons (Fsp3) is 0.375. The number of rotatable bonds is 5. The molecule has 0 aliphatic carbocycles. The summed E-state index contributed by atoms with van der Waals surface area (Å²) in [5.41, 5.74) is 2.19. The second-order valence-corrected chi connectivity index (χ2v) is 6.24. The largest absolute Gasteiger partial charge is 0.376 e. The lowest BCUT2D eigenvalue weighted by atomic mass is 10.2. The Bertz CT molecular complexity index is 644. The van der Waals surface area contributed by atoms with E-state index in [1.807, 2.05) is 12.1 Å². The zero-order chi connectivity index (χ0) is 15.4. The van der Waals surface area contributed by atoms with Crippen LogP contribution >= 0.6 is 15.9 Å². The van der Waals surface area contributed by atoms with Crippen molar-refractivity contribution in [3.8, 4) is 0 Å². The molecule has 6 heteroatoms. The number of aromatic nitrogens is 2. The minimum absolute atomic E-state index is 0.270. The molecule has 0 bridgehead atoms. The van der Waals surface area contributed by atoms with Crippen molar-refractivity contribution in [1.29, 1.82) is 0 Å². The number of hydrogen-bond donors (Lipinski definition) is 2. The van der Waals surface area contributed by atoms with Crippen molar-refractivity contribution in [3.05, 3.63) is 40.5 Å². The average Bonchev–Trinajstić information content (AvgIpc) is 3.02. The van der Waals surface area contributed by atoms with Gasteiger partial charge in [-0.2, -0.15) is 4.98 Å². The monoisotopic (exact) mass is 362 g/mol. The molecule has 2 N–H and O–H groups in total. The summed E-state index contributed by atoms with van der Waals surface area (Å²) in [4.78, 5) is 8.73. The van der Waals surface area contributed by atoms with Gasteiger partial charge < -0.3 is 15.4 Å². The summed E-state index contributed by atoms with van der Waals surface area (Å²) in [7, 11) is 0. The maximum absolute atomic E-state index is 5.59. The van der Waals surface area contributed by atoms with Gasteiger partial charge >= 0.3 is 0 Å². The summed E-state index contributed by atoms with van der Waals surface area (Å²) in [6.45, 7) is 3.67. The summed E-state index contributed by atoms with van der Waals surface area (Å²) < 4.78 is 6.60. The van der Waals surface area contributed by atoms with E-state index >= 15 is 0 Å². The Hall–Kier alpha value is -1.66. The first kappa shape index (κ1) is 15.2. The van der Waals surface area contributed by atoms with Gasteiger partial charge in [-0.1, -0.05) is 6.07 Å². The van der Waals surface area contributed by atoms with E-state index in [4.69, 9.17) is 4.74 Å². The van der Waals surface area contributed by atoms with Crippen LogP contribution in [0.3, 0.4) is 0 Å². The summed E-state index contributed by atoms with van der Waals surface area (Å²) in [5.74, 6) is 1.37. The van der Waals surface area contributed by atoms with Crippen molar-refractivity contribution >= 4 is 33.4 Å². The molecule has 116 valence electrons. The fourth-order valence-electron chi connectivity index (χ4n) is 2.38. The molecule has 1 unspecified atom stereocenters. The SMILES string of the molecule is Cc1ccc(Nc2ccnc(NCC3CCCO3)n2)c(Br)c1. The third kappa shape index (κ3) is 3.96. The van der Waals surface area contributed by atoms with E-state index in [0.29, 0.717) is 5.95 Å². The van der Waals surface area contributed by atoms with Crippen LogP contribution < -0.4 is 10.6 Å². The van der Waals surface area contributed by atoms with E-state index in [0.717, 1.165) is 42.0 Å². The highest BCUT2D eigenvalue weighted by molar-refractivity contribution is 9.10. The molecule has 1 aliphatic heterocycles. The first-order chi connectivity index (χ1) is 10.7. The number of aryl methyl sites for hydroxylation is 1. The zero-order valence-electron chi connectivity index (χ0n) is 12.5. The predicted molar refractivity (Wildman–Crippen MR) is 91.7 cm³/mol. The molecule has 1 aromatic heterocycles. The van der Waals surface area contributed by atoms with Gasteiger partial charge in [-0.15, -0.1) is 0 Å². The lowest BCUT2D eigenvalue weighted by Gasteiger charge is -2.12. The number of nitrogens with one attached hydrogen (secondary N) is 2. The summed E-state index contributed by atoms with van der Waals surface area (Å²) in [5, 5.41) is 6.54. The number of nitrogens with zero attached hydrogens (tertiary/aromatic N) is 2. The Balaban J connectivity index is 1.65. The van der Waals surface area contributed by atoms with Gasteiger partial charge in [-0.25, -0.2) is 4.98 Å². The highest BCUT2D eigenvalue weighted by atomic mass is 79.9. The van der Waals surface area contributed by atoms with Crippen LogP contribution in [0.5, 0.6) is 0 Å². The molecule has 1 saturated heterocycles. The molecule has 2 heterocycles. The van der Waals surface area contributed by atoms with Crippen molar-refractivity contribution in [3.63, 3.8) is 0 Å². The van der Waals surface area contributed by atoms with Gasteiger partial charge in [-0.3, -0.25) is 0 Å². The lowest BCUT2D eigenvalue weighted by Crippen LogP contribution is -2.19. The molecule has 1 fully saturated rings. The van der Waals surface area contributed by atoms with Crippen molar-refractivity contribution in [2.24, 2.45) is 0 Å². The fourth-order valence-corrected chi connectivity index (χ4v) is 2.98. The van der Waals surface area contributed by atoms with Crippen LogP contribution in [-0.4, -0.2) is 29.2 Å². The Labute approximate surface area is 138 Å². The van der Waals surface area contributed by atoms with Gasteiger partial charge in [0, 0.05) is 23.8 Å². The number of anilines is 3. The number of ether oxygens (including phenoxy) is 1. The molecule has 0 spiro atoms. The van der Waals surface area contributed by atoms with Gasteiger partial charge in [0.15, 0.2) is 0 Å². The normalized spacial score (nSPS) is 17.5. The third-order valence-corrected chi connectivity index (χ3v) is 4.21. The molecule has 1 aromatic carbocycles. The average molecular weight is 363 g/mol. The molecule has 22 heavy (non-hydrogen) atoms. The second-order valence-electron chi connectivity index (χ2n) is 5.39. The smallest absolute Gasteiger partial charge is 0.224 e. The van der Waals surface area contributed by atoms with Crippen molar-refractivity contribution in [1.82, 2.24) is 9.97 Å². The standard InChI is InChI=1S/C16H19BrN4O/c1-11-4-5-14(13(17)9-11)20-15-6-7-18-16(21-15)19-10-12-3-2-8-22-12/h4-7,9,12H,2-3,8,10H2,1H3,(H2,18,19,20,21). The maximum atomic E-state index is 5.59. The Morgan fingerprint density at radius 2 is 2.27 bits per heavy atom. The van der Waals surface area contributed by atoms with E-state index in [-0.39, 0.29) is 6.10 Å². The highest BCUT2D eigenvalue weighted by Gasteiger charge is 2.15. The molecular formula is C16H19BrN4O. The number of benzene rings is 1. The molecule has 2 aromatic rings. The van der Waals surface area contributed by atoms with Crippen LogP contribution in [0.1, 0.15) is 18.4 Å². The van der Waals surface area contributed by atoms with Crippen LogP contribution in [0.15, 0.2) is 34.9 Å².